The molecule has 0 fully saturated rings. The maximum atomic E-state index is 11.6. The van der Waals surface area contributed by atoms with Gasteiger partial charge in [-0.05, 0) is 25.1 Å². The normalized spacial score (nSPS) is 10.4. The molecular weight excluding hydrogens is 342 g/mol. The van der Waals surface area contributed by atoms with E-state index in [1.165, 1.54) is 11.8 Å². The Morgan fingerprint density at radius 1 is 1.28 bits per heavy atom. The Morgan fingerprint density at radius 2 is 2.04 bits per heavy atom. The Labute approximate surface area is 151 Å². The van der Waals surface area contributed by atoms with Crippen LogP contribution in [-0.2, 0) is 16.1 Å². The van der Waals surface area contributed by atoms with Crippen molar-refractivity contribution in [3.05, 3.63) is 30.9 Å². The van der Waals surface area contributed by atoms with Crippen molar-refractivity contribution in [3.63, 3.8) is 0 Å². The number of hydrogen-bond donors (Lipinski definition) is 0. The van der Waals surface area contributed by atoms with Crippen molar-refractivity contribution in [2.75, 3.05) is 26.6 Å². The van der Waals surface area contributed by atoms with Gasteiger partial charge in [-0.15, -0.1) is 16.8 Å². The van der Waals surface area contributed by atoms with Gasteiger partial charge >= 0.3 is 5.97 Å². The van der Waals surface area contributed by atoms with Crippen molar-refractivity contribution in [1.29, 1.82) is 0 Å². The first-order chi connectivity index (χ1) is 12.1. The lowest BCUT2D eigenvalue weighted by Gasteiger charge is -2.11. The molecule has 1 aromatic heterocycles. The van der Waals surface area contributed by atoms with Crippen molar-refractivity contribution < 1.29 is 19.0 Å². The summed E-state index contributed by atoms with van der Waals surface area (Å²) in [6, 6.07) is 5.53. The predicted molar refractivity (Wildman–Crippen MR) is 96.1 cm³/mol. The number of carbonyl (C=O) groups excluding carboxylic acids is 1. The molecule has 0 amide bonds. The summed E-state index contributed by atoms with van der Waals surface area (Å²) >= 11 is 1.28. The van der Waals surface area contributed by atoms with Gasteiger partial charge in [0.2, 0.25) is 0 Å². The van der Waals surface area contributed by atoms with Gasteiger partial charge in [-0.25, -0.2) is 0 Å². The van der Waals surface area contributed by atoms with Gasteiger partial charge in [0.15, 0.2) is 22.5 Å². The number of carbonyl (C=O) groups is 1. The molecular formula is C17H21N3O4S. The summed E-state index contributed by atoms with van der Waals surface area (Å²) in [6.07, 6.45) is 1.75. The summed E-state index contributed by atoms with van der Waals surface area (Å²) in [7, 11) is 3.17. The van der Waals surface area contributed by atoms with Crippen LogP contribution in [0.25, 0.3) is 11.4 Å². The lowest BCUT2D eigenvalue weighted by Crippen LogP contribution is -2.08. The van der Waals surface area contributed by atoms with Crippen LogP contribution in [0.5, 0.6) is 11.5 Å². The molecule has 0 atom stereocenters. The summed E-state index contributed by atoms with van der Waals surface area (Å²) in [4.78, 5) is 11.6. The highest BCUT2D eigenvalue weighted by Crippen LogP contribution is 2.32. The van der Waals surface area contributed by atoms with E-state index in [-0.39, 0.29) is 11.7 Å². The topological polar surface area (TPSA) is 75.5 Å². The highest BCUT2D eigenvalue weighted by Gasteiger charge is 2.17. The molecule has 0 saturated carbocycles. The first-order valence-electron chi connectivity index (χ1n) is 7.69. The Kier molecular flexibility index (Phi) is 6.88. The number of esters is 1. The van der Waals surface area contributed by atoms with Crippen LogP contribution in [0, 0.1) is 0 Å². The number of ether oxygens (including phenoxy) is 3. The predicted octanol–water partition coefficient (Wildman–Crippen LogP) is 2.80. The number of nitrogens with zero attached hydrogens (tertiary/aromatic N) is 3. The fourth-order valence-electron chi connectivity index (χ4n) is 2.20. The Morgan fingerprint density at radius 3 is 2.68 bits per heavy atom. The van der Waals surface area contributed by atoms with Gasteiger partial charge in [0.1, 0.15) is 0 Å². The average molecular weight is 363 g/mol. The van der Waals surface area contributed by atoms with E-state index >= 15 is 0 Å². The van der Waals surface area contributed by atoms with Gasteiger partial charge in [-0.2, -0.15) is 0 Å². The highest BCUT2D eigenvalue weighted by atomic mass is 32.2. The smallest absolute Gasteiger partial charge is 0.316 e. The Bertz CT molecular complexity index is 745. The summed E-state index contributed by atoms with van der Waals surface area (Å²) in [5.74, 6) is 1.79. The minimum atomic E-state index is -0.284. The van der Waals surface area contributed by atoms with E-state index in [1.807, 2.05) is 22.8 Å². The molecule has 0 aliphatic carbocycles. The minimum Gasteiger partial charge on any atom is -0.493 e. The lowest BCUT2D eigenvalue weighted by atomic mass is 10.2. The van der Waals surface area contributed by atoms with Crippen LogP contribution in [0.3, 0.4) is 0 Å². The zero-order valence-electron chi connectivity index (χ0n) is 14.5. The lowest BCUT2D eigenvalue weighted by molar-refractivity contribution is -0.139. The van der Waals surface area contributed by atoms with Gasteiger partial charge in [0, 0.05) is 12.1 Å². The van der Waals surface area contributed by atoms with Crippen molar-refractivity contribution in [2.45, 2.75) is 18.6 Å². The highest BCUT2D eigenvalue weighted by molar-refractivity contribution is 7.99. The Hall–Kier alpha value is -2.48. The molecule has 0 spiro atoms. The average Bonchev–Trinajstić information content (AvgIpc) is 3.02. The number of aromatic nitrogens is 3. The molecule has 0 aliphatic rings. The zero-order chi connectivity index (χ0) is 18.2. The van der Waals surface area contributed by atoms with Crippen molar-refractivity contribution in [1.82, 2.24) is 14.8 Å². The molecule has 0 saturated heterocycles. The van der Waals surface area contributed by atoms with Crippen LogP contribution in [0.15, 0.2) is 36.0 Å². The van der Waals surface area contributed by atoms with Crippen LogP contribution in [0.2, 0.25) is 0 Å². The fourth-order valence-corrected chi connectivity index (χ4v) is 2.95. The first kappa shape index (κ1) is 18.9. The van der Waals surface area contributed by atoms with E-state index in [0.29, 0.717) is 35.6 Å². The third-order valence-corrected chi connectivity index (χ3v) is 4.23. The summed E-state index contributed by atoms with van der Waals surface area (Å²) in [5.41, 5.74) is 0.829. The molecule has 2 rings (SSSR count). The number of benzene rings is 1. The minimum absolute atomic E-state index is 0.176. The molecule has 8 heteroatoms. The van der Waals surface area contributed by atoms with Gasteiger partial charge in [0.25, 0.3) is 0 Å². The second-order valence-corrected chi connectivity index (χ2v) is 5.81. The van der Waals surface area contributed by atoms with Crippen molar-refractivity contribution >= 4 is 17.7 Å². The van der Waals surface area contributed by atoms with Crippen molar-refractivity contribution in [2.24, 2.45) is 0 Å². The number of rotatable bonds is 9. The van der Waals surface area contributed by atoms with Crippen LogP contribution in [0.1, 0.15) is 6.92 Å². The number of thioether (sulfide) groups is 1. The third kappa shape index (κ3) is 4.54. The molecule has 0 bridgehead atoms. The molecule has 1 heterocycles. The van der Waals surface area contributed by atoms with Gasteiger partial charge in [-0.3, -0.25) is 9.36 Å². The van der Waals surface area contributed by atoms with Gasteiger partial charge in [0.05, 0.1) is 26.6 Å². The van der Waals surface area contributed by atoms with E-state index in [2.05, 4.69) is 16.8 Å². The van der Waals surface area contributed by atoms with Crippen LogP contribution < -0.4 is 9.47 Å². The molecule has 0 aliphatic heterocycles. The standard InChI is InChI=1S/C17H21N3O4S/c1-5-9-20-16(12-7-8-13(22-3)14(10-12)23-4)18-19-17(20)25-11-15(21)24-6-2/h5,7-8,10H,1,6,9,11H2,2-4H3. The van der Waals surface area contributed by atoms with E-state index in [4.69, 9.17) is 14.2 Å². The SMILES string of the molecule is C=CCn1c(SCC(=O)OCC)nnc1-c1ccc(OC)c(OC)c1. The molecule has 7 nitrogen and oxygen atoms in total. The number of allylic oxidation sites excluding steroid dienone is 1. The number of hydrogen-bond acceptors (Lipinski definition) is 7. The van der Waals surface area contributed by atoms with Gasteiger partial charge in [-0.1, -0.05) is 17.8 Å². The second kappa shape index (κ2) is 9.12. The summed E-state index contributed by atoms with van der Waals surface area (Å²) in [6.45, 7) is 6.42. The molecule has 134 valence electrons. The Balaban J connectivity index is 2.32. The molecule has 0 N–H and O–H groups in total. The zero-order valence-corrected chi connectivity index (χ0v) is 15.3. The summed E-state index contributed by atoms with van der Waals surface area (Å²) in [5, 5.41) is 9.07. The third-order valence-electron chi connectivity index (χ3n) is 3.29. The van der Waals surface area contributed by atoms with Crippen molar-refractivity contribution in [3.8, 4) is 22.9 Å². The van der Waals surface area contributed by atoms with E-state index < -0.39 is 0 Å². The molecule has 1 aromatic carbocycles. The first-order valence-corrected chi connectivity index (χ1v) is 8.68. The van der Waals surface area contributed by atoms with E-state index in [9.17, 15) is 4.79 Å². The number of methoxy groups -OCH3 is 2. The molecule has 2 aromatic rings. The van der Waals surface area contributed by atoms with E-state index in [1.54, 1.807) is 27.2 Å². The maximum Gasteiger partial charge on any atom is 0.316 e. The van der Waals surface area contributed by atoms with Gasteiger partial charge < -0.3 is 14.2 Å². The monoisotopic (exact) mass is 363 g/mol. The van der Waals surface area contributed by atoms with Crippen LogP contribution in [-0.4, -0.2) is 47.3 Å². The summed E-state index contributed by atoms with van der Waals surface area (Å²) < 4.78 is 17.4. The van der Waals surface area contributed by atoms with Crippen LogP contribution in [0.4, 0.5) is 0 Å². The molecule has 25 heavy (non-hydrogen) atoms. The molecule has 0 radical (unpaired) electrons. The van der Waals surface area contributed by atoms with E-state index in [0.717, 1.165) is 5.56 Å². The largest absolute Gasteiger partial charge is 0.493 e. The maximum absolute atomic E-state index is 11.6. The molecule has 0 unspecified atom stereocenters. The quantitative estimate of drug-likeness (QED) is 0.385. The fraction of sp³-hybridized carbons (Fsp3) is 0.353. The second-order valence-electron chi connectivity index (χ2n) is 4.87. The van der Waals surface area contributed by atoms with Crippen LogP contribution >= 0.6 is 11.8 Å².